The number of hydrogen-bond donors (Lipinski definition) is 2. The summed E-state index contributed by atoms with van der Waals surface area (Å²) in [5, 5.41) is 5.74. The normalized spacial score (nSPS) is 16.3. The number of amides is 2. The summed E-state index contributed by atoms with van der Waals surface area (Å²) in [5.41, 5.74) is 2.96. The Hall–Kier alpha value is -1.93. The highest BCUT2D eigenvalue weighted by atomic mass is 127. The fourth-order valence-corrected chi connectivity index (χ4v) is 3.27. The molecule has 0 aromatic heterocycles. The molecule has 6 heteroatoms. The maximum atomic E-state index is 12.3. The number of hydrogen-bond acceptors (Lipinski definition) is 3. The summed E-state index contributed by atoms with van der Waals surface area (Å²) in [5.74, 6) is -0.301. The maximum Gasteiger partial charge on any atom is 0.255 e. The van der Waals surface area contributed by atoms with E-state index in [1.807, 2.05) is 19.1 Å². The van der Waals surface area contributed by atoms with Gasteiger partial charge in [-0.1, -0.05) is 6.07 Å². The first-order chi connectivity index (χ1) is 12.5. The molecule has 2 aromatic carbocycles. The van der Waals surface area contributed by atoms with Gasteiger partial charge in [0, 0.05) is 33.5 Å². The van der Waals surface area contributed by atoms with E-state index in [0.717, 1.165) is 28.6 Å². The Bertz CT molecular complexity index is 799. The number of benzene rings is 2. The molecule has 0 aliphatic carbocycles. The predicted molar refractivity (Wildman–Crippen MR) is 110 cm³/mol. The lowest BCUT2D eigenvalue weighted by atomic mass is 10.1. The Morgan fingerprint density at radius 3 is 2.50 bits per heavy atom. The molecule has 1 unspecified atom stereocenters. The molecule has 2 N–H and O–H groups in total. The molecule has 1 fully saturated rings. The molecule has 1 saturated heterocycles. The van der Waals surface area contributed by atoms with Crippen molar-refractivity contribution in [3.8, 4) is 0 Å². The van der Waals surface area contributed by atoms with Crippen LogP contribution in [0.3, 0.4) is 0 Å². The van der Waals surface area contributed by atoms with Crippen LogP contribution in [-0.4, -0.2) is 31.1 Å². The fourth-order valence-electron chi connectivity index (χ4n) is 2.76. The Morgan fingerprint density at radius 1 is 1.12 bits per heavy atom. The van der Waals surface area contributed by atoms with Gasteiger partial charge in [-0.3, -0.25) is 9.59 Å². The molecule has 26 heavy (non-hydrogen) atoms. The first-order valence-electron chi connectivity index (χ1n) is 8.60. The average Bonchev–Trinajstić information content (AvgIpc) is 3.16. The standard InChI is InChI=1S/C20H21IN2O3/c1-13-4-5-15(11-18(13)21)20(25)23-16-8-6-14(7-9-16)19(24)22-12-17-3-2-10-26-17/h4-9,11,17H,2-3,10,12H2,1H3,(H,22,24)(H,23,25). The molecule has 2 aromatic rings. The molecular formula is C20H21IN2O3. The molecule has 136 valence electrons. The zero-order valence-corrected chi connectivity index (χ0v) is 16.7. The SMILES string of the molecule is Cc1ccc(C(=O)Nc2ccc(C(=O)NCC3CCCO3)cc2)cc1I. The minimum atomic E-state index is -0.168. The third-order valence-electron chi connectivity index (χ3n) is 4.35. The van der Waals surface area contributed by atoms with Gasteiger partial charge in [0.05, 0.1) is 6.10 Å². The van der Waals surface area contributed by atoms with Crippen molar-refractivity contribution in [2.45, 2.75) is 25.9 Å². The Morgan fingerprint density at radius 2 is 1.85 bits per heavy atom. The van der Waals surface area contributed by atoms with E-state index in [1.165, 1.54) is 0 Å². The molecule has 1 heterocycles. The van der Waals surface area contributed by atoms with Gasteiger partial charge in [0.25, 0.3) is 11.8 Å². The van der Waals surface area contributed by atoms with Crippen molar-refractivity contribution in [1.82, 2.24) is 5.32 Å². The minimum absolute atomic E-state index is 0.120. The van der Waals surface area contributed by atoms with Crippen LogP contribution in [0, 0.1) is 10.5 Å². The number of aryl methyl sites for hydroxylation is 1. The first-order valence-corrected chi connectivity index (χ1v) is 9.68. The first kappa shape index (κ1) is 18.8. The van der Waals surface area contributed by atoms with Gasteiger partial charge >= 0.3 is 0 Å². The van der Waals surface area contributed by atoms with Gasteiger partial charge in [-0.05, 0) is 84.3 Å². The second-order valence-electron chi connectivity index (χ2n) is 6.34. The number of ether oxygens (including phenoxy) is 1. The van der Waals surface area contributed by atoms with Crippen LogP contribution in [0.4, 0.5) is 5.69 Å². The van der Waals surface area contributed by atoms with E-state index in [4.69, 9.17) is 4.74 Å². The smallest absolute Gasteiger partial charge is 0.255 e. The van der Waals surface area contributed by atoms with E-state index >= 15 is 0 Å². The summed E-state index contributed by atoms with van der Waals surface area (Å²) < 4.78 is 6.55. The van der Waals surface area contributed by atoms with Crippen LogP contribution in [0.15, 0.2) is 42.5 Å². The molecule has 1 aliphatic heterocycles. The molecule has 5 nitrogen and oxygen atoms in total. The Labute approximate surface area is 166 Å². The molecule has 0 saturated carbocycles. The molecule has 0 spiro atoms. The average molecular weight is 464 g/mol. The largest absolute Gasteiger partial charge is 0.376 e. The van der Waals surface area contributed by atoms with Crippen LogP contribution in [0.1, 0.15) is 39.1 Å². The highest BCUT2D eigenvalue weighted by Crippen LogP contribution is 2.16. The van der Waals surface area contributed by atoms with Crippen LogP contribution >= 0.6 is 22.6 Å². The summed E-state index contributed by atoms with van der Waals surface area (Å²) in [6.45, 7) is 3.31. The Balaban J connectivity index is 1.57. The van der Waals surface area contributed by atoms with Crippen LogP contribution in [0.25, 0.3) is 0 Å². The molecule has 1 aliphatic rings. The van der Waals surface area contributed by atoms with Crippen molar-refractivity contribution in [1.29, 1.82) is 0 Å². The number of halogens is 1. The summed E-state index contributed by atoms with van der Waals surface area (Å²) in [7, 11) is 0. The summed E-state index contributed by atoms with van der Waals surface area (Å²) in [4.78, 5) is 24.5. The lowest BCUT2D eigenvalue weighted by Crippen LogP contribution is -2.31. The maximum absolute atomic E-state index is 12.3. The van der Waals surface area contributed by atoms with E-state index < -0.39 is 0 Å². The predicted octanol–water partition coefficient (Wildman–Crippen LogP) is 3.76. The van der Waals surface area contributed by atoms with E-state index in [2.05, 4.69) is 33.2 Å². The second kappa shape index (κ2) is 8.64. The third-order valence-corrected chi connectivity index (χ3v) is 5.52. The second-order valence-corrected chi connectivity index (χ2v) is 7.50. The van der Waals surface area contributed by atoms with Crippen molar-refractivity contribution in [2.24, 2.45) is 0 Å². The van der Waals surface area contributed by atoms with Gasteiger partial charge in [-0.2, -0.15) is 0 Å². The summed E-state index contributed by atoms with van der Waals surface area (Å²) in [6.07, 6.45) is 2.16. The van der Waals surface area contributed by atoms with Crippen molar-refractivity contribution >= 4 is 40.1 Å². The van der Waals surface area contributed by atoms with Crippen LogP contribution in [-0.2, 0) is 4.74 Å². The van der Waals surface area contributed by atoms with Crippen molar-refractivity contribution in [3.63, 3.8) is 0 Å². The third kappa shape index (κ3) is 4.82. The number of carbonyl (C=O) groups excluding carboxylic acids is 2. The molecule has 2 amide bonds. The van der Waals surface area contributed by atoms with Crippen molar-refractivity contribution < 1.29 is 14.3 Å². The van der Waals surface area contributed by atoms with Crippen LogP contribution in [0.5, 0.6) is 0 Å². The lowest BCUT2D eigenvalue weighted by Gasteiger charge is -2.11. The molecule has 1 atom stereocenters. The van der Waals surface area contributed by atoms with Gasteiger partial charge in [0.1, 0.15) is 0 Å². The molecular weight excluding hydrogens is 443 g/mol. The monoisotopic (exact) mass is 464 g/mol. The van der Waals surface area contributed by atoms with Gasteiger partial charge in [0.2, 0.25) is 0 Å². The van der Waals surface area contributed by atoms with E-state index in [-0.39, 0.29) is 17.9 Å². The molecule has 0 bridgehead atoms. The van der Waals surface area contributed by atoms with Crippen molar-refractivity contribution in [3.05, 3.63) is 62.7 Å². The lowest BCUT2D eigenvalue weighted by molar-refractivity contribution is 0.0857. The zero-order chi connectivity index (χ0) is 18.5. The minimum Gasteiger partial charge on any atom is -0.376 e. The summed E-state index contributed by atoms with van der Waals surface area (Å²) >= 11 is 2.21. The highest BCUT2D eigenvalue weighted by Gasteiger charge is 2.16. The van der Waals surface area contributed by atoms with E-state index in [0.29, 0.717) is 23.4 Å². The number of nitrogens with one attached hydrogen (secondary N) is 2. The fraction of sp³-hybridized carbons (Fsp3) is 0.300. The number of carbonyl (C=O) groups is 2. The van der Waals surface area contributed by atoms with Gasteiger partial charge < -0.3 is 15.4 Å². The van der Waals surface area contributed by atoms with Crippen LogP contribution < -0.4 is 10.6 Å². The zero-order valence-electron chi connectivity index (χ0n) is 14.5. The van der Waals surface area contributed by atoms with Gasteiger partial charge in [0.15, 0.2) is 0 Å². The van der Waals surface area contributed by atoms with E-state index in [1.54, 1.807) is 30.3 Å². The Kier molecular flexibility index (Phi) is 6.26. The number of rotatable bonds is 5. The molecule has 3 rings (SSSR count). The molecule has 0 radical (unpaired) electrons. The van der Waals surface area contributed by atoms with E-state index in [9.17, 15) is 9.59 Å². The van der Waals surface area contributed by atoms with Gasteiger partial charge in [-0.25, -0.2) is 0 Å². The quantitative estimate of drug-likeness (QED) is 0.663. The van der Waals surface area contributed by atoms with Crippen LogP contribution in [0.2, 0.25) is 0 Å². The highest BCUT2D eigenvalue weighted by molar-refractivity contribution is 14.1. The topological polar surface area (TPSA) is 67.4 Å². The number of anilines is 1. The summed E-state index contributed by atoms with van der Waals surface area (Å²) in [6, 6.07) is 12.5. The van der Waals surface area contributed by atoms with Gasteiger partial charge in [-0.15, -0.1) is 0 Å². The van der Waals surface area contributed by atoms with Crippen molar-refractivity contribution in [2.75, 3.05) is 18.5 Å².